The fourth-order valence-corrected chi connectivity index (χ4v) is 5.07. The number of benzene rings is 3. The molecule has 32 heavy (non-hydrogen) atoms. The summed E-state index contributed by atoms with van der Waals surface area (Å²) in [5, 5.41) is 0. The highest BCUT2D eigenvalue weighted by Crippen LogP contribution is 2.33. The van der Waals surface area contributed by atoms with Crippen LogP contribution >= 0.6 is 0 Å². The fourth-order valence-electron chi connectivity index (χ4n) is 3.74. The maximum Gasteiger partial charge on any atom is 0.162 e. The Morgan fingerprint density at radius 2 is 1.72 bits per heavy atom. The third kappa shape index (κ3) is 5.34. The minimum atomic E-state index is -0.945. The van der Waals surface area contributed by atoms with Crippen LogP contribution in [-0.4, -0.2) is 27.9 Å². The van der Waals surface area contributed by atoms with E-state index in [0.717, 1.165) is 48.4 Å². The van der Waals surface area contributed by atoms with Crippen LogP contribution in [0.5, 0.6) is 11.5 Å². The predicted octanol–water partition coefficient (Wildman–Crippen LogP) is 5.48. The van der Waals surface area contributed by atoms with Crippen molar-refractivity contribution in [1.82, 2.24) is 4.31 Å². The van der Waals surface area contributed by atoms with Crippen LogP contribution in [0.2, 0.25) is 0 Å². The zero-order valence-electron chi connectivity index (χ0n) is 17.9. The van der Waals surface area contributed by atoms with Crippen LogP contribution in [0.3, 0.4) is 0 Å². The second-order valence-electron chi connectivity index (χ2n) is 7.70. The molecule has 3 aromatic carbocycles. The maximum atomic E-state index is 13.7. The highest BCUT2D eigenvalue weighted by atomic mass is 32.2. The molecule has 0 aliphatic carbocycles. The average molecular weight is 458 g/mol. The van der Waals surface area contributed by atoms with E-state index in [4.69, 9.17) is 9.47 Å². The van der Waals surface area contributed by atoms with Crippen molar-refractivity contribution in [3.63, 3.8) is 0 Å². The molecule has 0 aromatic heterocycles. The van der Waals surface area contributed by atoms with Crippen molar-refractivity contribution in [2.45, 2.75) is 26.0 Å². The Bertz CT molecular complexity index is 1100. The van der Waals surface area contributed by atoms with Gasteiger partial charge in [0.1, 0.15) is 18.1 Å². The summed E-state index contributed by atoms with van der Waals surface area (Å²) >= 11 is 0. The molecule has 0 amide bonds. The van der Waals surface area contributed by atoms with Crippen molar-refractivity contribution < 1.29 is 22.5 Å². The van der Waals surface area contributed by atoms with Gasteiger partial charge in [-0.05, 0) is 47.7 Å². The van der Waals surface area contributed by atoms with E-state index in [2.05, 4.69) is 6.07 Å². The lowest BCUT2D eigenvalue weighted by molar-refractivity contribution is 0.306. The van der Waals surface area contributed by atoms with Gasteiger partial charge in [0.2, 0.25) is 0 Å². The lowest BCUT2D eigenvalue weighted by Gasteiger charge is -2.25. The molecule has 1 fully saturated rings. The van der Waals surface area contributed by atoms with Crippen LogP contribution in [0.1, 0.15) is 24.0 Å². The monoisotopic (exact) mass is 457 g/mol. The first-order chi connectivity index (χ1) is 15.5. The van der Waals surface area contributed by atoms with Crippen LogP contribution in [0.15, 0.2) is 60.7 Å². The first-order valence-corrected chi connectivity index (χ1v) is 11.8. The Kier molecular flexibility index (Phi) is 7.17. The van der Waals surface area contributed by atoms with E-state index >= 15 is 0 Å². The van der Waals surface area contributed by atoms with Crippen molar-refractivity contribution in [1.29, 1.82) is 0 Å². The summed E-state index contributed by atoms with van der Waals surface area (Å²) in [7, 11) is 0.528. The van der Waals surface area contributed by atoms with E-state index in [1.165, 1.54) is 7.11 Å². The molecule has 0 radical (unpaired) electrons. The summed E-state index contributed by atoms with van der Waals surface area (Å²) in [5.74, 6) is -0.189. The molecule has 4 rings (SSSR count). The topological polar surface area (TPSA) is 38.8 Å². The van der Waals surface area contributed by atoms with Gasteiger partial charge >= 0.3 is 0 Å². The molecule has 1 unspecified atom stereocenters. The zero-order valence-corrected chi connectivity index (χ0v) is 18.7. The van der Waals surface area contributed by atoms with Gasteiger partial charge in [0, 0.05) is 30.5 Å². The zero-order chi connectivity index (χ0) is 22.5. The minimum absolute atomic E-state index is 0.268. The Morgan fingerprint density at radius 3 is 2.47 bits per heavy atom. The molecule has 3 aromatic rings. The van der Waals surface area contributed by atoms with Crippen LogP contribution in [0.4, 0.5) is 8.78 Å². The van der Waals surface area contributed by atoms with Crippen LogP contribution in [0.25, 0.3) is 11.1 Å². The number of nitrogens with zero attached hydrogens (tertiary/aromatic N) is 1. The van der Waals surface area contributed by atoms with E-state index in [-0.39, 0.29) is 5.75 Å². The molecule has 1 heterocycles. The van der Waals surface area contributed by atoms with Gasteiger partial charge in [-0.3, -0.25) is 0 Å². The summed E-state index contributed by atoms with van der Waals surface area (Å²) in [4.78, 5) is 0. The molecule has 1 aliphatic rings. The molecule has 1 saturated heterocycles. The summed E-state index contributed by atoms with van der Waals surface area (Å²) in [6.07, 6.45) is 2.11. The lowest BCUT2D eigenvalue weighted by atomic mass is 10.0. The number of hydrogen-bond donors (Lipinski definition) is 0. The molecule has 0 bridgehead atoms. The van der Waals surface area contributed by atoms with Gasteiger partial charge in [-0.25, -0.2) is 17.3 Å². The molecule has 1 aliphatic heterocycles. The Labute approximate surface area is 189 Å². The summed E-state index contributed by atoms with van der Waals surface area (Å²) in [6.45, 7) is 1.93. The summed E-state index contributed by atoms with van der Waals surface area (Å²) in [6, 6.07) is 17.4. The van der Waals surface area contributed by atoms with Crippen LogP contribution in [-0.2, 0) is 24.1 Å². The van der Waals surface area contributed by atoms with E-state index in [1.807, 2.05) is 22.5 Å². The molecule has 7 heteroatoms. The quantitative estimate of drug-likeness (QED) is 0.472. The Hall–Kier alpha value is -2.77. The first-order valence-electron chi connectivity index (χ1n) is 10.5. The standard InChI is InChI=1S/C25H25F2NO3S/c1-30-25-15-24(27)23(26)14-22(25)20-7-9-21(10-8-20)31-17-19-6-4-5-18(13-19)16-28-11-2-3-12-32(28)29/h4-10,13-15H,2-3,11-12,16-17H2,1H3. The minimum Gasteiger partial charge on any atom is -0.496 e. The SMILES string of the molecule is COc1cc(F)c(F)cc1-c1ccc(OCc2cccc(CN3CCCCS3=O)c2)cc1. The van der Waals surface area contributed by atoms with E-state index in [9.17, 15) is 13.0 Å². The van der Waals surface area contributed by atoms with Gasteiger partial charge in [0.05, 0.1) is 18.1 Å². The van der Waals surface area contributed by atoms with Crippen LogP contribution < -0.4 is 9.47 Å². The third-order valence-corrected chi connectivity index (χ3v) is 6.95. The van der Waals surface area contributed by atoms with Gasteiger partial charge in [-0.15, -0.1) is 0 Å². The molecule has 168 valence electrons. The van der Waals surface area contributed by atoms with Crippen molar-refractivity contribution in [3.8, 4) is 22.6 Å². The fraction of sp³-hybridized carbons (Fsp3) is 0.280. The van der Waals surface area contributed by atoms with E-state index in [1.54, 1.807) is 24.3 Å². The van der Waals surface area contributed by atoms with Gasteiger partial charge in [-0.2, -0.15) is 0 Å². The molecule has 0 N–H and O–H groups in total. The van der Waals surface area contributed by atoms with Crippen molar-refractivity contribution >= 4 is 11.0 Å². The highest BCUT2D eigenvalue weighted by molar-refractivity contribution is 7.82. The highest BCUT2D eigenvalue weighted by Gasteiger charge is 2.18. The van der Waals surface area contributed by atoms with Crippen LogP contribution in [0, 0.1) is 11.6 Å². The van der Waals surface area contributed by atoms with E-state index in [0.29, 0.717) is 30.0 Å². The largest absolute Gasteiger partial charge is 0.496 e. The number of rotatable bonds is 7. The lowest BCUT2D eigenvalue weighted by Crippen LogP contribution is -2.32. The van der Waals surface area contributed by atoms with Gasteiger partial charge in [-0.1, -0.05) is 36.4 Å². The van der Waals surface area contributed by atoms with Crippen molar-refractivity contribution in [3.05, 3.63) is 83.4 Å². The van der Waals surface area contributed by atoms with Crippen molar-refractivity contribution in [2.75, 3.05) is 19.4 Å². The number of methoxy groups -OCH3 is 1. The molecule has 0 saturated carbocycles. The predicted molar refractivity (Wildman–Crippen MR) is 122 cm³/mol. The molecular weight excluding hydrogens is 432 g/mol. The first kappa shape index (κ1) is 22.4. The number of ether oxygens (including phenoxy) is 2. The maximum absolute atomic E-state index is 13.7. The second-order valence-corrected chi connectivity index (χ2v) is 9.26. The average Bonchev–Trinajstić information content (AvgIpc) is 2.81. The second kappa shape index (κ2) is 10.2. The summed E-state index contributed by atoms with van der Waals surface area (Å²) in [5.41, 5.74) is 3.31. The molecule has 1 atom stereocenters. The Balaban J connectivity index is 1.41. The number of halogens is 2. The third-order valence-electron chi connectivity index (χ3n) is 5.43. The smallest absolute Gasteiger partial charge is 0.162 e. The molecular formula is C25H25F2NO3S. The van der Waals surface area contributed by atoms with Gasteiger partial charge in [0.25, 0.3) is 0 Å². The Morgan fingerprint density at radius 1 is 0.969 bits per heavy atom. The molecule has 0 spiro atoms. The number of hydrogen-bond acceptors (Lipinski definition) is 3. The van der Waals surface area contributed by atoms with Crippen molar-refractivity contribution in [2.24, 2.45) is 0 Å². The van der Waals surface area contributed by atoms with E-state index < -0.39 is 22.6 Å². The normalized spacial score (nSPS) is 16.7. The summed E-state index contributed by atoms with van der Waals surface area (Å²) < 4.78 is 52.4. The van der Waals surface area contributed by atoms with Gasteiger partial charge < -0.3 is 9.47 Å². The molecule has 4 nitrogen and oxygen atoms in total. The van der Waals surface area contributed by atoms with Gasteiger partial charge in [0.15, 0.2) is 11.6 Å².